The summed E-state index contributed by atoms with van der Waals surface area (Å²) in [4.78, 5) is 10.9. The zero-order valence-corrected chi connectivity index (χ0v) is 7.21. The molecule has 0 fully saturated rings. The van der Waals surface area contributed by atoms with Gasteiger partial charge in [-0.2, -0.15) is 0 Å². The van der Waals surface area contributed by atoms with Crippen LogP contribution in [0.1, 0.15) is 15.9 Å². The van der Waals surface area contributed by atoms with Gasteiger partial charge in [-0.25, -0.2) is 4.39 Å². The molecule has 3 nitrogen and oxygen atoms in total. The zero-order chi connectivity index (χ0) is 9.84. The molecule has 0 aliphatic heterocycles. The van der Waals surface area contributed by atoms with Crippen molar-refractivity contribution in [1.82, 2.24) is 0 Å². The lowest BCUT2D eigenvalue weighted by Gasteiger charge is -2.06. The van der Waals surface area contributed by atoms with Gasteiger partial charge in [0.05, 0.1) is 5.56 Å². The Labute approximate surface area is 75.3 Å². The Balaban J connectivity index is 3.10. The van der Waals surface area contributed by atoms with E-state index in [4.69, 9.17) is 5.73 Å². The van der Waals surface area contributed by atoms with E-state index in [2.05, 4.69) is 4.74 Å². The molecule has 0 aliphatic rings. The number of aryl methyl sites for hydroxylation is 1. The quantitative estimate of drug-likeness (QED) is 0.770. The number of alkyl halides is 1. The standard InChI is InChI=1S/C9H10FNO2/c1-6-2-3-8(13-5-10)7(4-6)9(11)12/h2-4H,5H2,1H3,(H2,11,12). The highest BCUT2D eigenvalue weighted by Crippen LogP contribution is 2.19. The van der Waals surface area contributed by atoms with Crippen LogP contribution in [0.4, 0.5) is 4.39 Å². The van der Waals surface area contributed by atoms with E-state index in [1.54, 1.807) is 12.1 Å². The van der Waals surface area contributed by atoms with E-state index in [0.29, 0.717) is 0 Å². The van der Waals surface area contributed by atoms with Gasteiger partial charge in [0.15, 0.2) is 0 Å². The maximum absolute atomic E-state index is 11.8. The minimum Gasteiger partial charge on any atom is -0.462 e. The first-order valence-electron chi connectivity index (χ1n) is 3.74. The summed E-state index contributed by atoms with van der Waals surface area (Å²) in [7, 11) is 0. The molecular weight excluding hydrogens is 173 g/mol. The molecule has 2 N–H and O–H groups in total. The topological polar surface area (TPSA) is 52.3 Å². The number of carbonyl (C=O) groups excluding carboxylic acids is 1. The van der Waals surface area contributed by atoms with Crippen LogP contribution in [0, 0.1) is 6.92 Å². The molecule has 1 aromatic rings. The predicted molar refractivity (Wildman–Crippen MR) is 46.3 cm³/mol. The van der Waals surface area contributed by atoms with Crippen LogP contribution in [0.5, 0.6) is 5.75 Å². The maximum Gasteiger partial charge on any atom is 0.252 e. The van der Waals surface area contributed by atoms with Crippen molar-refractivity contribution >= 4 is 5.91 Å². The van der Waals surface area contributed by atoms with Crippen molar-refractivity contribution in [2.75, 3.05) is 6.86 Å². The van der Waals surface area contributed by atoms with Crippen LogP contribution in [0.15, 0.2) is 18.2 Å². The number of hydrogen-bond donors (Lipinski definition) is 1. The molecule has 0 saturated heterocycles. The van der Waals surface area contributed by atoms with Crippen LogP contribution in [0.3, 0.4) is 0 Å². The van der Waals surface area contributed by atoms with Gasteiger partial charge in [0, 0.05) is 0 Å². The second-order valence-corrected chi connectivity index (χ2v) is 2.62. The Morgan fingerprint density at radius 3 is 2.85 bits per heavy atom. The lowest BCUT2D eigenvalue weighted by Crippen LogP contribution is -2.13. The molecule has 0 atom stereocenters. The largest absolute Gasteiger partial charge is 0.462 e. The highest BCUT2D eigenvalue weighted by molar-refractivity contribution is 5.95. The van der Waals surface area contributed by atoms with Gasteiger partial charge in [-0.05, 0) is 19.1 Å². The van der Waals surface area contributed by atoms with Gasteiger partial charge in [0.2, 0.25) is 6.86 Å². The van der Waals surface area contributed by atoms with Crippen molar-refractivity contribution in [3.8, 4) is 5.75 Å². The average molecular weight is 183 g/mol. The first-order chi connectivity index (χ1) is 6.15. The Morgan fingerprint density at radius 2 is 2.31 bits per heavy atom. The molecule has 70 valence electrons. The number of hydrogen-bond acceptors (Lipinski definition) is 2. The fourth-order valence-corrected chi connectivity index (χ4v) is 1.02. The predicted octanol–water partition coefficient (Wildman–Crippen LogP) is 1.40. The van der Waals surface area contributed by atoms with E-state index in [1.807, 2.05) is 6.92 Å². The molecule has 4 heteroatoms. The van der Waals surface area contributed by atoms with Crippen LogP contribution in [-0.4, -0.2) is 12.8 Å². The van der Waals surface area contributed by atoms with Gasteiger partial charge >= 0.3 is 0 Å². The molecule has 0 aromatic heterocycles. The summed E-state index contributed by atoms with van der Waals surface area (Å²) in [6, 6.07) is 4.81. The van der Waals surface area contributed by atoms with Crippen molar-refractivity contribution in [3.05, 3.63) is 29.3 Å². The summed E-state index contributed by atoms with van der Waals surface area (Å²) in [5, 5.41) is 0. The molecule has 0 heterocycles. The molecule has 1 amide bonds. The highest BCUT2D eigenvalue weighted by atomic mass is 19.1. The number of carbonyl (C=O) groups is 1. The molecule has 0 bridgehead atoms. The van der Waals surface area contributed by atoms with Crippen molar-refractivity contribution in [2.24, 2.45) is 5.73 Å². The van der Waals surface area contributed by atoms with Gasteiger partial charge in [-0.15, -0.1) is 0 Å². The van der Waals surface area contributed by atoms with E-state index < -0.39 is 12.8 Å². The van der Waals surface area contributed by atoms with E-state index in [0.717, 1.165) is 5.56 Å². The van der Waals surface area contributed by atoms with E-state index >= 15 is 0 Å². The molecule has 0 radical (unpaired) electrons. The minimum absolute atomic E-state index is 0.181. The second-order valence-electron chi connectivity index (χ2n) is 2.62. The zero-order valence-electron chi connectivity index (χ0n) is 7.21. The van der Waals surface area contributed by atoms with Crippen molar-refractivity contribution in [3.63, 3.8) is 0 Å². The number of halogens is 1. The summed E-state index contributed by atoms with van der Waals surface area (Å²) in [5.74, 6) is -0.437. The first kappa shape index (κ1) is 9.51. The minimum atomic E-state index is -0.969. The average Bonchev–Trinajstić information content (AvgIpc) is 2.08. The molecule has 1 rings (SSSR count). The summed E-state index contributed by atoms with van der Waals surface area (Å²) in [5.41, 5.74) is 6.15. The van der Waals surface area contributed by atoms with Crippen LogP contribution in [0.2, 0.25) is 0 Å². The molecular formula is C9H10FNO2. The van der Waals surface area contributed by atoms with Crippen LogP contribution < -0.4 is 10.5 Å². The van der Waals surface area contributed by atoms with Crippen LogP contribution >= 0.6 is 0 Å². The van der Waals surface area contributed by atoms with Crippen molar-refractivity contribution in [1.29, 1.82) is 0 Å². The Hall–Kier alpha value is -1.58. The molecule has 13 heavy (non-hydrogen) atoms. The fourth-order valence-electron chi connectivity index (χ4n) is 1.02. The highest BCUT2D eigenvalue weighted by Gasteiger charge is 2.08. The fraction of sp³-hybridized carbons (Fsp3) is 0.222. The number of amides is 1. The maximum atomic E-state index is 11.8. The normalized spacial score (nSPS) is 9.69. The van der Waals surface area contributed by atoms with Gasteiger partial charge in [0.1, 0.15) is 5.75 Å². The summed E-state index contributed by atoms with van der Waals surface area (Å²) >= 11 is 0. The van der Waals surface area contributed by atoms with E-state index in [-0.39, 0.29) is 11.3 Å². The van der Waals surface area contributed by atoms with Crippen molar-refractivity contribution < 1.29 is 13.9 Å². The van der Waals surface area contributed by atoms with Crippen molar-refractivity contribution in [2.45, 2.75) is 6.92 Å². The molecule has 0 aliphatic carbocycles. The Morgan fingerprint density at radius 1 is 1.62 bits per heavy atom. The third-order valence-electron chi connectivity index (χ3n) is 1.61. The second kappa shape index (κ2) is 3.89. The monoisotopic (exact) mass is 183 g/mol. The lowest BCUT2D eigenvalue weighted by atomic mass is 10.1. The lowest BCUT2D eigenvalue weighted by molar-refractivity contribution is 0.0993. The Bertz CT molecular complexity index is 325. The third kappa shape index (κ3) is 2.18. The van der Waals surface area contributed by atoms with Crippen LogP contribution in [-0.2, 0) is 0 Å². The van der Waals surface area contributed by atoms with Gasteiger partial charge in [-0.1, -0.05) is 11.6 Å². The van der Waals surface area contributed by atoms with Gasteiger partial charge in [-0.3, -0.25) is 4.79 Å². The SMILES string of the molecule is Cc1ccc(OCF)c(C(N)=O)c1. The van der Waals surface area contributed by atoms with E-state index in [9.17, 15) is 9.18 Å². The van der Waals surface area contributed by atoms with Crippen LogP contribution in [0.25, 0.3) is 0 Å². The molecule has 0 spiro atoms. The van der Waals surface area contributed by atoms with Gasteiger partial charge < -0.3 is 10.5 Å². The first-order valence-corrected chi connectivity index (χ1v) is 3.74. The summed E-state index contributed by atoms with van der Waals surface area (Å²) < 4.78 is 16.4. The van der Waals surface area contributed by atoms with E-state index in [1.165, 1.54) is 6.07 Å². The number of benzene rings is 1. The smallest absolute Gasteiger partial charge is 0.252 e. The van der Waals surface area contributed by atoms with Gasteiger partial charge in [0.25, 0.3) is 5.91 Å². The Kier molecular flexibility index (Phi) is 2.84. The molecule has 0 saturated carbocycles. The number of nitrogens with two attached hydrogens (primary N) is 1. The summed E-state index contributed by atoms with van der Waals surface area (Å²) in [6.07, 6.45) is 0. The molecule has 1 aromatic carbocycles. The molecule has 0 unspecified atom stereocenters. The summed E-state index contributed by atoms with van der Waals surface area (Å²) in [6.45, 7) is 0.842. The number of rotatable bonds is 3. The third-order valence-corrected chi connectivity index (χ3v) is 1.61. The number of primary amides is 1. The number of ether oxygens (including phenoxy) is 1.